The summed E-state index contributed by atoms with van der Waals surface area (Å²) < 4.78 is 57.3. The molecule has 1 unspecified atom stereocenters. The molecule has 2 aromatic rings. The highest BCUT2D eigenvalue weighted by atomic mass is 19.4. The van der Waals surface area contributed by atoms with Gasteiger partial charge in [0, 0.05) is 19.1 Å². The summed E-state index contributed by atoms with van der Waals surface area (Å²) in [5.41, 5.74) is -1.03. The van der Waals surface area contributed by atoms with Crippen LogP contribution in [0.4, 0.5) is 23.5 Å². The van der Waals surface area contributed by atoms with Crippen LogP contribution in [0.5, 0.6) is 11.8 Å². The average Bonchev–Trinajstić information content (AvgIpc) is 3.17. The van der Waals surface area contributed by atoms with Gasteiger partial charge in [0.2, 0.25) is 5.95 Å². The summed E-state index contributed by atoms with van der Waals surface area (Å²) in [6.45, 7) is 1.33. The smallest absolute Gasteiger partial charge is 0.416 e. The number of H-pyrrole nitrogens is 1. The Balaban J connectivity index is 1.45. The number of aromatic nitrogens is 3. The Bertz CT molecular complexity index is 894. The second-order valence-corrected chi connectivity index (χ2v) is 6.98. The third-order valence-corrected chi connectivity index (χ3v) is 5.20. The van der Waals surface area contributed by atoms with Crippen molar-refractivity contribution in [3.8, 4) is 18.0 Å². The molecule has 1 aromatic heterocycles. The second-order valence-electron chi connectivity index (χ2n) is 6.98. The summed E-state index contributed by atoms with van der Waals surface area (Å²) in [5, 5.41) is 18.7. The van der Waals surface area contributed by atoms with Crippen LogP contribution in [0.1, 0.15) is 18.4 Å². The summed E-state index contributed by atoms with van der Waals surface area (Å²) in [6.07, 6.45) is -0.454. The molecule has 1 aromatic carbocycles. The molecule has 148 valence electrons. The minimum Gasteiger partial charge on any atom is -0.420 e. The van der Waals surface area contributed by atoms with E-state index in [4.69, 9.17) is 10.00 Å². The number of nitriles is 1. The van der Waals surface area contributed by atoms with Crippen LogP contribution in [0.2, 0.25) is 0 Å². The molecule has 1 saturated heterocycles. The largest absolute Gasteiger partial charge is 0.420 e. The van der Waals surface area contributed by atoms with Crippen molar-refractivity contribution in [2.24, 2.45) is 11.8 Å². The zero-order valence-corrected chi connectivity index (χ0v) is 14.5. The van der Waals surface area contributed by atoms with Crippen LogP contribution in [-0.2, 0) is 6.18 Å². The number of halogens is 4. The average molecular weight is 396 g/mol. The SMILES string of the molecule is N#CN1C[C@H]2CC[C@@H](C1)C2Nc1nc(Oc2cc(C(F)(F)F)ccc2F)n[nH]1. The zero-order valence-electron chi connectivity index (χ0n) is 14.5. The van der Waals surface area contributed by atoms with Crippen LogP contribution >= 0.6 is 0 Å². The van der Waals surface area contributed by atoms with Crippen molar-refractivity contribution < 1.29 is 22.3 Å². The lowest BCUT2D eigenvalue weighted by Gasteiger charge is -2.35. The van der Waals surface area contributed by atoms with Gasteiger partial charge in [-0.2, -0.15) is 23.4 Å². The van der Waals surface area contributed by atoms with Gasteiger partial charge in [0.15, 0.2) is 17.8 Å². The van der Waals surface area contributed by atoms with E-state index >= 15 is 0 Å². The molecule has 2 aliphatic rings. The zero-order chi connectivity index (χ0) is 19.9. The Labute approximate surface area is 157 Å². The Morgan fingerprint density at radius 3 is 2.61 bits per heavy atom. The Kier molecular flexibility index (Phi) is 4.49. The normalized spacial score (nSPS) is 24.1. The van der Waals surface area contributed by atoms with E-state index in [0.717, 1.165) is 12.8 Å². The van der Waals surface area contributed by atoms with Gasteiger partial charge < -0.3 is 15.0 Å². The number of ether oxygens (including phenoxy) is 1. The van der Waals surface area contributed by atoms with E-state index in [0.29, 0.717) is 31.3 Å². The highest BCUT2D eigenvalue weighted by molar-refractivity contribution is 5.35. The minimum atomic E-state index is -4.62. The molecular formula is C17H16F4N6O. The molecule has 0 spiro atoms. The Hall–Kier alpha value is -3.03. The number of aromatic amines is 1. The molecule has 2 N–H and O–H groups in total. The van der Waals surface area contributed by atoms with Gasteiger partial charge in [0.1, 0.15) is 0 Å². The summed E-state index contributed by atoms with van der Waals surface area (Å²) in [5.74, 6) is -0.700. The van der Waals surface area contributed by atoms with Gasteiger partial charge in [-0.3, -0.25) is 0 Å². The lowest BCUT2D eigenvalue weighted by atomic mass is 9.92. The van der Waals surface area contributed by atoms with Gasteiger partial charge >= 0.3 is 12.2 Å². The molecular weight excluding hydrogens is 380 g/mol. The molecule has 2 fully saturated rings. The van der Waals surface area contributed by atoms with Crippen LogP contribution in [0.3, 0.4) is 0 Å². The number of anilines is 1. The first kappa shape index (κ1) is 18.3. The molecule has 2 heterocycles. The lowest BCUT2D eigenvalue weighted by molar-refractivity contribution is -0.137. The van der Waals surface area contributed by atoms with Crippen molar-refractivity contribution in [3.63, 3.8) is 0 Å². The van der Waals surface area contributed by atoms with Gasteiger partial charge in [0.25, 0.3) is 0 Å². The highest BCUT2D eigenvalue weighted by Crippen LogP contribution is 2.38. The fourth-order valence-electron chi connectivity index (χ4n) is 3.91. The molecule has 1 aliphatic heterocycles. The van der Waals surface area contributed by atoms with E-state index in [9.17, 15) is 17.6 Å². The topological polar surface area (TPSA) is 89.9 Å². The van der Waals surface area contributed by atoms with Crippen molar-refractivity contribution in [1.82, 2.24) is 20.1 Å². The molecule has 7 nitrogen and oxygen atoms in total. The number of benzene rings is 1. The number of likely N-dealkylation sites (tertiary alicyclic amines) is 1. The van der Waals surface area contributed by atoms with Gasteiger partial charge in [-0.15, -0.1) is 5.10 Å². The van der Waals surface area contributed by atoms with E-state index in [1.54, 1.807) is 4.90 Å². The molecule has 4 rings (SSSR count). The van der Waals surface area contributed by atoms with E-state index in [1.807, 2.05) is 0 Å². The maximum absolute atomic E-state index is 13.8. The third kappa shape index (κ3) is 3.54. The van der Waals surface area contributed by atoms with E-state index in [1.165, 1.54) is 0 Å². The summed E-state index contributed by atoms with van der Waals surface area (Å²) in [7, 11) is 0. The van der Waals surface area contributed by atoms with Gasteiger partial charge in [-0.25, -0.2) is 9.49 Å². The third-order valence-electron chi connectivity index (χ3n) is 5.20. The molecule has 28 heavy (non-hydrogen) atoms. The predicted molar refractivity (Wildman–Crippen MR) is 88.7 cm³/mol. The predicted octanol–water partition coefficient (Wildman–Crippen LogP) is 3.36. The fraction of sp³-hybridized carbons (Fsp3) is 0.471. The molecule has 0 amide bonds. The minimum absolute atomic E-state index is 0.107. The van der Waals surface area contributed by atoms with E-state index < -0.39 is 23.3 Å². The number of nitrogens with zero attached hydrogens (tertiary/aromatic N) is 4. The first-order valence-electron chi connectivity index (χ1n) is 8.71. The summed E-state index contributed by atoms with van der Waals surface area (Å²) >= 11 is 0. The number of alkyl halides is 3. The quantitative estimate of drug-likeness (QED) is 0.609. The van der Waals surface area contributed by atoms with Crippen molar-refractivity contribution in [2.75, 3.05) is 18.4 Å². The van der Waals surface area contributed by atoms with Crippen molar-refractivity contribution >= 4 is 5.95 Å². The van der Waals surface area contributed by atoms with Crippen molar-refractivity contribution in [2.45, 2.75) is 25.1 Å². The molecule has 0 radical (unpaired) electrons. The van der Waals surface area contributed by atoms with Gasteiger partial charge in [-0.05, 0) is 42.9 Å². The number of nitrogens with one attached hydrogen (secondary N) is 2. The number of hydrogen-bond acceptors (Lipinski definition) is 6. The van der Waals surface area contributed by atoms with Gasteiger partial charge in [-0.1, -0.05) is 0 Å². The highest BCUT2D eigenvalue weighted by Gasteiger charge is 2.42. The maximum Gasteiger partial charge on any atom is 0.416 e. The number of hydrogen-bond donors (Lipinski definition) is 2. The Morgan fingerprint density at radius 2 is 1.96 bits per heavy atom. The molecule has 3 atom stereocenters. The Morgan fingerprint density at radius 1 is 1.25 bits per heavy atom. The first-order valence-corrected chi connectivity index (χ1v) is 8.71. The van der Waals surface area contributed by atoms with Crippen LogP contribution in [0.25, 0.3) is 0 Å². The number of fused-ring (bicyclic) bond motifs is 2. The van der Waals surface area contributed by atoms with E-state index in [2.05, 4.69) is 26.7 Å². The first-order chi connectivity index (χ1) is 13.3. The van der Waals surface area contributed by atoms with Crippen LogP contribution in [-0.4, -0.2) is 39.2 Å². The van der Waals surface area contributed by atoms with Gasteiger partial charge in [0.05, 0.1) is 5.56 Å². The lowest BCUT2D eigenvalue weighted by Crippen LogP contribution is -2.46. The van der Waals surface area contributed by atoms with Crippen LogP contribution in [0.15, 0.2) is 18.2 Å². The summed E-state index contributed by atoms with van der Waals surface area (Å²) in [6, 6.07) is 1.70. The second kappa shape index (κ2) is 6.85. The molecule has 1 aliphatic carbocycles. The number of piperidine rings is 1. The van der Waals surface area contributed by atoms with E-state index in [-0.39, 0.29) is 29.8 Å². The maximum atomic E-state index is 13.8. The summed E-state index contributed by atoms with van der Waals surface area (Å²) in [4.78, 5) is 5.78. The standard InChI is InChI=1S/C17H16F4N6O/c18-12-4-3-11(17(19,20)21)5-13(12)28-16-24-15(25-26-16)23-14-9-1-2-10(14)7-27(6-9)8-22/h3-5,9-10,14H,1-2,6-7H2,(H2,23,24,25,26)/t9-,10+,14?. The molecule has 1 saturated carbocycles. The van der Waals surface area contributed by atoms with Crippen LogP contribution < -0.4 is 10.1 Å². The fourth-order valence-corrected chi connectivity index (χ4v) is 3.91. The monoisotopic (exact) mass is 396 g/mol. The number of rotatable bonds is 4. The van der Waals surface area contributed by atoms with Crippen molar-refractivity contribution in [1.29, 1.82) is 5.26 Å². The molecule has 11 heteroatoms. The van der Waals surface area contributed by atoms with Crippen molar-refractivity contribution in [3.05, 3.63) is 29.6 Å². The molecule has 2 bridgehead atoms. The van der Waals surface area contributed by atoms with Crippen LogP contribution in [0, 0.1) is 29.1 Å².